The second kappa shape index (κ2) is 4.10. The van der Waals surface area contributed by atoms with Crippen LogP contribution in [0.3, 0.4) is 0 Å². The van der Waals surface area contributed by atoms with Crippen molar-refractivity contribution in [2.24, 2.45) is 11.7 Å². The zero-order chi connectivity index (χ0) is 10.9. The van der Waals surface area contributed by atoms with Gasteiger partial charge in [0.2, 0.25) is 5.91 Å². The van der Waals surface area contributed by atoms with Crippen LogP contribution in [0, 0.1) is 5.92 Å². The predicted molar refractivity (Wildman–Crippen MR) is 57.2 cm³/mol. The minimum atomic E-state index is -0.538. The van der Waals surface area contributed by atoms with Crippen LogP contribution < -0.4 is 5.73 Å². The molecule has 0 spiro atoms. The topological polar surface area (TPSA) is 66.6 Å². The van der Waals surface area contributed by atoms with Crippen molar-refractivity contribution >= 4 is 5.91 Å². The molecule has 0 aromatic rings. The number of amides is 1. The van der Waals surface area contributed by atoms with Gasteiger partial charge in [0.15, 0.2) is 0 Å². The molecule has 0 aromatic heterocycles. The maximum atomic E-state index is 11.6. The molecule has 1 saturated carbocycles. The van der Waals surface area contributed by atoms with Crippen LogP contribution in [0.1, 0.15) is 32.1 Å². The van der Waals surface area contributed by atoms with Gasteiger partial charge >= 0.3 is 0 Å². The van der Waals surface area contributed by atoms with E-state index < -0.39 is 5.60 Å². The summed E-state index contributed by atoms with van der Waals surface area (Å²) in [4.78, 5) is 13.4. The summed E-state index contributed by atoms with van der Waals surface area (Å²) in [5.74, 6) is 0.638. The Balaban J connectivity index is 1.67. The number of unbranched alkanes of at least 4 members (excludes halogenated alkanes) is 1. The lowest BCUT2D eigenvalue weighted by Gasteiger charge is -2.47. The first kappa shape index (κ1) is 10.9. The van der Waals surface area contributed by atoms with E-state index in [1.165, 1.54) is 0 Å². The zero-order valence-electron chi connectivity index (χ0n) is 9.11. The number of carbonyl (C=O) groups is 1. The number of nitrogens with two attached hydrogens (primary N) is 1. The first-order valence-electron chi connectivity index (χ1n) is 5.86. The van der Waals surface area contributed by atoms with E-state index in [1.54, 1.807) is 4.90 Å². The minimum Gasteiger partial charge on any atom is -0.386 e. The molecular formula is C11H20N2O2. The van der Waals surface area contributed by atoms with Crippen molar-refractivity contribution in [2.45, 2.75) is 37.7 Å². The molecule has 2 aliphatic rings. The minimum absolute atomic E-state index is 0.175. The Morgan fingerprint density at radius 2 is 2.07 bits per heavy atom. The molecule has 1 amide bonds. The summed E-state index contributed by atoms with van der Waals surface area (Å²) in [6.45, 7) is 1.76. The van der Waals surface area contributed by atoms with Crippen molar-refractivity contribution in [3.63, 3.8) is 0 Å². The zero-order valence-corrected chi connectivity index (χ0v) is 9.11. The second-order valence-electron chi connectivity index (χ2n) is 4.87. The predicted octanol–water partition coefficient (Wildman–Crippen LogP) is 0.0987. The Labute approximate surface area is 90.4 Å². The Morgan fingerprint density at radius 1 is 1.40 bits per heavy atom. The lowest BCUT2D eigenvalue weighted by molar-refractivity contribution is -0.159. The number of aliphatic hydroxyl groups is 1. The molecule has 1 aliphatic heterocycles. The highest BCUT2D eigenvalue weighted by atomic mass is 16.3. The summed E-state index contributed by atoms with van der Waals surface area (Å²) in [7, 11) is 0. The van der Waals surface area contributed by atoms with Gasteiger partial charge in [0.25, 0.3) is 0 Å². The molecule has 1 aliphatic carbocycles. The monoisotopic (exact) mass is 212 g/mol. The number of carbonyl (C=O) groups excluding carboxylic acids is 1. The third-order valence-corrected chi connectivity index (χ3v) is 3.46. The molecule has 4 heteroatoms. The SMILES string of the molecule is NCCCCC(=O)N1CC(O)(C2CC2)C1. The Bertz CT molecular complexity index is 245. The molecule has 2 rings (SSSR count). The van der Waals surface area contributed by atoms with Crippen LogP contribution in [-0.2, 0) is 4.79 Å². The Kier molecular flexibility index (Phi) is 2.98. The summed E-state index contributed by atoms with van der Waals surface area (Å²) in [5, 5.41) is 10.0. The smallest absolute Gasteiger partial charge is 0.222 e. The normalized spacial score (nSPS) is 23.7. The molecule has 0 unspecified atom stereocenters. The highest BCUT2D eigenvalue weighted by molar-refractivity contribution is 5.77. The first-order valence-corrected chi connectivity index (χ1v) is 5.86. The standard InChI is InChI=1S/C11H20N2O2/c12-6-2-1-3-10(14)13-7-11(15,8-13)9-4-5-9/h9,15H,1-8,12H2. The molecule has 4 nitrogen and oxygen atoms in total. The lowest BCUT2D eigenvalue weighted by Crippen LogP contribution is -2.64. The van der Waals surface area contributed by atoms with E-state index in [-0.39, 0.29) is 5.91 Å². The van der Waals surface area contributed by atoms with E-state index in [4.69, 9.17) is 5.73 Å². The molecule has 1 saturated heterocycles. The van der Waals surface area contributed by atoms with Gasteiger partial charge in [0.05, 0.1) is 13.1 Å². The molecular weight excluding hydrogens is 192 g/mol. The van der Waals surface area contributed by atoms with Crippen LogP contribution in [0.5, 0.6) is 0 Å². The summed E-state index contributed by atoms with van der Waals surface area (Å²) in [6.07, 6.45) is 4.62. The van der Waals surface area contributed by atoms with E-state index in [9.17, 15) is 9.90 Å². The number of rotatable bonds is 5. The lowest BCUT2D eigenvalue weighted by atomic mass is 9.88. The van der Waals surface area contributed by atoms with Crippen LogP contribution in [0.2, 0.25) is 0 Å². The Morgan fingerprint density at radius 3 is 2.60 bits per heavy atom. The van der Waals surface area contributed by atoms with Gasteiger partial charge in [-0.15, -0.1) is 0 Å². The van der Waals surface area contributed by atoms with Crippen LogP contribution >= 0.6 is 0 Å². The summed E-state index contributed by atoms with van der Waals surface area (Å²) >= 11 is 0. The number of hydrogen-bond acceptors (Lipinski definition) is 3. The molecule has 15 heavy (non-hydrogen) atoms. The van der Waals surface area contributed by atoms with Gasteiger partial charge in [-0.1, -0.05) is 0 Å². The van der Waals surface area contributed by atoms with Crippen molar-refractivity contribution in [2.75, 3.05) is 19.6 Å². The molecule has 86 valence electrons. The molecule has 2 fully saturated rings. The fraction of sp³-hybridized carbons (Fsp3) is 0.909. The van der Waals surface area contributed by atoms with Crippen LogP contribution in [-0.4, -0.2) is 41.1 Å². The van der Waals surface area contributed by atoms with Gasteiger partial charge in [-0.05, 0) is 38.1 Å². The van der Waals surface area contributed by atoms with Gasteiger partial charge in [0, 0.05) is 6.42 Å². The fourth-order valence-corrected chi connectivity index (χ4v) is 2.25. The van der Waals surface area contributed by atoms with E-state index >= 15 is 0 Å². The van der Waals surface area contributed by atoms with E-state index in [2.05, 4.69) is 0 Å². The highest BCUT2D eigenvalue weighted by Gasteiger charge is 2.52. The van der Waals surface area contributed by atoms with Gasteiger partial charge in [0.1, 0.15) is 5.60 Å². The van der Waals surface area contributed by atoms with Gasteiger partial charge in [-0.3, -0.25) is 4.79 Å². The molecule has 3 N–H and O–H groups in total. The van der Waals surface area contributed by atoms with E-state index in [0.29, 0.717) is 32.0 Å². The van der Waals surface area contributed by atoms with E-state index in [1.807, 2.05) is 0 Å². The Hall–Kier alpha value is -0.610. The average molecular weight is 212 g/mol. The molecule has 0 bridgehead atoms. The number of hydrogen-bond donors (Lipinski definition) is 2. The number of likely N-dealkylation sites (tertiary alicyclic amines) is 1. The molecule has 0 atom stereocenters. The van der Waals surface area contributed by atoms with Crippen molar-refractivity contribution < 1.29 is 9.90 Å². The fourth-order valence-electron chi connectivity index (χ4n) is 2.25. The van der Waals surface area contributed by atoms with Crippen molar-refractivity contribution in [3.8, 4) is 0 Å². The number of nitrogens with zero attached hydrogens (tertiary/aromatic N) is 1. The number of β-amino-alcohol motifs (C(OH)–C–C–N with tert-alkyl or cyclic N) is 1. The first-order chi connectivity index (χ1) is 7.15. The largest absolute Gasteiger partial charge is 0.386 e. The maximum absolute atomic E-state index is 11.6. The quantitative estimate of drug-likeness (QED) is 0.635. The van der Waals surface area contributed by atoms with Gasteiger partial charge in [-0.2, -0.15) is 0 Å². The van der Waals surface area contributed by atoms with Crippen LogP contribution in [0.25, 0.3) is 0 Å². The third kappa shape index (κ3) is 2.32. The summed E-state index contributed by atoms with van der Waals surface area (Å²) in [5.41, 5.74) is 4.83. The van der Waals surface area contributed by atoms with Crippen molar-refractivity contribution in [1.29, 1.82) is 0 Å². The molecule has 0 aromatic carbocycles. The second-order valence-corrected chi connectivity index (χ2v) is 4.87. The third-order valence-electron chi connectivity index (χ3n) is 3.46. The summed E-state index contributed by atoms with van der Waals surface area (Å²) in [6, 6.07) is 0. The van der Waals surface area contributed by atoms with Crippen molar-refractivity contribution in [3.05, 3.63) is 0 Å². The maximum Gasteiger partial charge on any atom is 0.222 e. The average Bonchev–Trinajstić information content (AvgIpc) is 2.96. The van der Waals surface area contributed by atoms with Crippen molar-refractivity contribution in [1.82, 2.24) is 4.90 Å². The molecule has 0 radical (unpaired) electrons. The molecule has 1 heterocycles. The highest BCUT2D eigenvalue weighted by Crippen LogP contribution is 2.44. The van der Waals surface area contributed by atoms with Crippen LogP contribution in [0.4, 0.5) is 0 Å². The van der Waals surface area contributed by atoms with E-state index in [0.717, 1.165) is 25.7 Å². The van der Waals surface area contributed by atoms with Gasteiger partial charge in [-0.25, -0.2) is 0 Å². The van der Waals surface area contributed by atoms with Crippen LogP contribution in [0.15, 0.2) is 0 Å². The van der Waals surface area contributed by atoms with Gasteiger partial charge < -0.3 is 15.7 Å². The summed E-state index contributed by atoms with van der Waals surface area (Å²) < 4.78 is 0.